The number of amides is 1. The lowest BCUT2D eigenvalue weighted by Gasteiger charge is -2.11. The summed E-state index contributed by atoms with van der Waals surface area (Å²) in [6.07, 6.45) is 1.68. The van der Waals surface area contributed by atoms with Crippen LogP contribution in [0.5, 0.6) is 5.75 Å². The fraction of sp³-hybridized carbons (Fsp3) is 0.471. The van der Waals surface area contributed by atoms with Gasteiger partial charge in [0.2, 0.25) is 17.6 Å². The summed E-state index contributed by atoms with van der Waals surface area (Å²) < 4.78 is 37.0. The molecule has 0 bridgehead atoms. The summed E-state index contributed by atoms with van der Waals surface area (Å²) in [5, 5.41) is 9.01. The number of nitrogens with zero attached hydrogens (tertiary/aromatic N) is 2. The number of rotatable bonds is 6. The van der Waals surface area contributed by atoms with E-state index in [0.29, 0.717) is 29.1 Å². The van der Waals surface area contributed by atoms with Crippen molar-refractivity contribution in [3.63, 3.8) is 0 Å². The van der Waals surface area contributed by atoms with Gasteiger partial charge in [-0.15, -0.1) is 12.4 Å². The van der Waals surface area contributed by atoms with Crippen molar-refractivity contribution in [1.82, 2.24) is 15.5 Å². The second kappa shape index (κ2) is 7.77. The van der Waals surface area contributed by atoms with Gasteiger partial charge < -0.3 is 14.6 Å². The topological polar surface area (TPSA) is 89.3 Å². The SMILES string of the molecule is Cl.O=C(Nc1ccc(OCc2noc(C3CC3)n2)cc1)C1CC(F)(F)CN1. The van der Waals surface area contributed by atoms with Gasteiger partial charge in [0.25, 0.3) is 5.92 Å². The van der Waals surface area contributed by atoms with Crippen molar-refractivity contribution in [3.05, 3.63) is 36.0 Å². The Hall–Kier alpha value is -2.26. The predicted molar refractivity (Wildman–Crippen MR) is 94.3 cm³/mol. The van der Waals surface area contributed by atoms with E-state index in [1.54, 1.807) is 24.3 Å². The molecule has 7 nitrogen and oxygen atoms in total. The number of anilines is 1. The highest BCUT2D eigenvalue weighted by molar-refractivity contribution is 5.95. The number of hydrogen-bond donors (Lipinski definition) is 2. The average molecular weight is 401 g/mol. The molecule has 2 fully saturated rings. The van der Waals surface area contributed by atoms with Crippen LogP contribution in [0.2, 0.25) is 0 Å². The van der Waals surface area contributed by atoms with Crippen LogP contribution < -0.4 is 15.4 Å². The fourth-order valence-electron chi connectivity index (χ4n) is 2.73. The number of hydrogen-bond acceptors (Lipinski definition) is 6. The molecule has 1 atom stereocenters. The fourth-order valence-corrected chi connectivity index (χ4v) is 2.73. The summed E-state index contributed by atoms with van der Waals surface area (Å²) in [6.45, 7) is -0.292. The van der Waals surface area contributed by atoms with Crippen LogP contribution in [-0.2, 0) is 11.4 Å². The highest BCUT2D eigenvalue weighted by atomic mass is 35.5. The van der Waals surface area contributed by atoms with Crippen molar-refractivity contribution in [3.8, 4) is 5.75 Å². The minimum atomic E-state index is -2.84. The first-order valence-corrected chi connectivity index (χ1v) is 8.46. The molecule has 0 spiro atoms. The molecule has 2 aromatic rings. The van der Waals surface area contributed by atoms with E-state index in [1.165, 1.54) is 0 Å². The summed E-state index contributed by atoms with van der Waals surface area (Å²) in [5.41, 5.74) is 0.509. The lowest BCUT2D eigenvalue weighted by atomic mass is 10.2. The molecule has 1 unspecified atom stereocenters. The summed E-state index contributed by atoms with van der Waals surface area (Å²) in [6, 6.07) is 5.75. The molecular formula is C17H19ClF2N4O3. The third-order valence-corrected chi connectivity index (χ3v) is 4.33. The first-order valence-electron chi connectivity index (χ1n) is 8.46. The third kappa shape index (κ3) is 4.92. The smallest absolute Gasteiger partial charge is 0.262 e. The molecule has 4 rings (SSSR count). The van der Waals surface area contributed by atoms with Crippen LogP contribution in [0, 0.1) is 0 Å². The van der Waals surface area contributed by atoms with E-state index >= 15 is 0 Å². The quantitative estimate of drug-likeness (QED) is 0.775. The van der Waals surface area contributed by atoms with Gasteiger partial charge in [-0.3, -0.25) is 10.1 Å². The Bertz CT molecular complexity index is 796. The molecule has 2 heterocycles. The van der Waals surface area contributed by atoms with Crippen LogP contribution in [0.25, 0.3) is 0 Å². The molecule has 2 aliphatic rings. The Morgan fingerprint density at radius 3 is 2.70 bits per heavy atom. The molecule has 1 aliphatic carbocycles. The number of nitrogens with one attached hydrogen (secondary N) is 2. The molecule has 1 amide bonds. The van der Waals surface area contributed by atoms with Gasteiger partial charge in [0.05, 0.1) is 12.6 Å². The van der Waals surface area contributed by atoms with Crippen molar-refractivity contribution in [1.29, 1.82) is 0 Å². The summed E-state index contributed by atoms with van der Waals surface area (Å²) in [5.74, 6) is -1.20. The van der Waals surface area contributed by atoms with Crippen molar-refractivity contribution in [2.75, 3.05) is 11.9 Å². The molecule has 1 aromatic carbocycles. The number of ether oxygens (including phenoxy) is 1. The first kappa shape index (κ1) is 19.5. The zero-order chi connectivity index (χ0) is 18.1. The number of carbonyl (C=O) groups is 1. The highest BCUT2D eigenvalue weighted by Gasteiger charge is 2.42. The Balaban J connectivity index is 0.00000210. The Morgan fingerprint density at radius 2 is 2.07 bits per heavy atom. The van der Waals surface area contributed by atoms with E-state index in [4.69, 9.17) is 9.26 Å². The lowest BCUT2D eigenvalue weighted by Crippen LogP contribution is -2.35. The maximum Gasteiger partial charge on any atom is 0.262 e. The number of alkyl halides is 2. The molecule has 0 radical (unpaired) electrons. The van der Waals surface area contributed by atoms with Crippen molar-refractivity contribution in [2.24, 2.45) is 0 Å². The average Bonchev–Trinajstić information content (AvgIpc) is 3.24. The zero-order valence-corrected chi connectivity index (χ0v) is 15.1. The molecule has 1 aromatic heterocycles. The van der Waals surface area contributed by atoms with Gasteiger partial charge in [-0.25, -0.2) is 8.78 Å². The summed E-state index contributed by atoms with van der Waals surface area (Å²) in [7, 11) is 0. The monoisotopic (exact) mass is 400 g/mol. The van der Waals surface area contributed by atoms with Gasteiger partial charge in [-0.1, -0.05) is 5.16 Å². The maximum atomic E-state index is 13.1. The highest BCUT2D eigenvalue weighted by Crippen LogP contribution is 2.38. The minimum absolute atomic E-state index is 0. The molecule has 10 heteroatoms. The van der Waals surface area contributed by atoms with Crippen LogP contribution in [0.3, 0.4) is 0 Å². The van der Waals surface area contributed by atoms with Gasteiger partial charge >= 0.3 is 0 Å². The lowest BCUT2D eigenvalue weighted by molar-refractivity contribution is -0.118. The van der Waals surface area contributed by atoms with Crippen LogP contribution in [0.15, 0.2) is 28.8 Å². The predicted octanol–water partition coefficient (Wildman–Crippen LogP) is 2.88. The molecule has 2 N–H and O–H groups in total. The van der Waals surface area contributed by atoms with Gasteiger partial charge in [-0.2, -0.15) is 4.98 Å². The van der Waals surface area contributed by atoms with Gasteiger partial charge in [0, 0.05) is 18.0 Å². The Labute approximate surface area is 160 Å². The maximum absolute atomic E-state index is 13.1. The van der Waals surface area contributed by atoms with E-state index in [-0.39, 0.29) is 19.0 Å². The van der Waals surface area contributed by atoms with E-state index in [0.717, 1.165) is 12.8 Å². The normalized spacial score (nSPS) is 20.7. The van der Waals surface area contributed by atoms with E-state index in [1.807, 2.05) is 0 Å². The second-order valence-electron chi connectivity index (χ2n) is 6.62. The molecule has 1 aliphatic heterocycles. The third-order valence-electron chi connectivity index (χ3n) is 4.33. The Kier molecular flexibility index (Phi) is 5.61. The zero-order valence-electron chi connectivity index (χ0n) is 14.3. The molecule has 1 saturated heterocycles. The van der Waals surface area contributed by atoms with Gasteiger partial charge in [0.15, 0.2) is 6.61 Å². The summed E-state index contributed by atoms with van der Waals surface area (Å²) >= 11 is 0. The number of aromatic nitrogens is 2. The first-order chi connectivity index (χ1) is 12.5. The molecule has 27 heavy (non-hydrogen) atoms. The van der Waals surface area contributed by atoms with Gasteiger partial charge in [-0.05, 0) is 37.1 Å². The van der Waals surface area contributed by atoms with Crippen molar-refractivity contribution < 1.29 is 22.8 Å². The van der Waals surface area contributed by atoms with Gasteiger partial charge in [0.1, 0.15) is 5.75 Å². The number of halogens is 3. The van der Waals surface area contributed by atoms with Crippen LogP contribution in [-0.4, -0.2) is 34.6 Å². The molecular weight excluding hydrogens is 382 g/mol. The molecule has 1 saturated carbocycles. The van der Waals surface area contributed by atoms with Crippen LogP contribution >= 0.6 is 12.4 Å². The second-order valence-corrected chi connectivity index (χ2v) is 6.62. The van der Waals surface area contributed by atoms with E-state index < -0.39 is 30.8 Å². The van der Waals surface area contributed by atoms with Crippen LogP contribution in [0.1, 0.15) is 36.9 Å². The van der Waals surface area contributed by atoms with Crippen molar-refractivity contribution in [2.45, 2.75) is 43.8 Å². The Morgan fingerprint density at radius 1 is 1.33 bits per heavy atom. The largest absolute Gasteiger partial charge is 0.485 e. The summed E-state index contributed by atoms with van der Waals surface area (Å²) in [4.78, 5) is 16.3. The molecule has 146 valence electrons. The van der Waals surface area contributed by atoms with E-state index in [9.17, 15) is 13.6 Å². The number of carbonyl (C=O) groups excluding carboxylic acids is 1. The van der Waals surface area contributed by atoms with Crippen LogP contribution in [0.4, 0.5) is 14.5 Å². The number of benzene rings is 1. The minimum Gasteiger partial charge on any atom is -0.485 e. The standard InChI is InChI=1S/C17H18F2N4O3.ClH/c18-17(19)7-13(20-9-17)15(24)21-11-3-5-12(6-4-11)25-8-14-22-16(26-23-14)10-1-2-10;/h3-6,10,13,20H,1-2,7-9H2,(H,21,24);1H. The van der Waals surface area contributed by atoms with E-state index in [2.05, 4.69) is 20.8 Å². The van der Waals surface area contributed by atoms with Crippen molar-refractivity contribution >= 4 is 24.0 Å².